The second kappa shape index (κ2) is 7.06. The molecular weight excluding hydrogens is 312 g/mol. The van der Waals surface area contributed by atoms with Crippen molar-refractivity contribution < 1.29 is 14.5 Å². The van der Waals surface area contributed by atoms with Crippen LogP contribution in [0.3, 0.4) is 0 Å². The number of hydrogen-bond acceptors (Lipinski definition) is 4. The quantitative estimate of drug-likeness (QED) is 0.780. The lowest BCUT2D eigenvalue weighted by Crippen LogP contribution is -3.14. The number of para-hydroxylation sites is 1. The maximum atomic E-state index is 12.0. The predicted octanol–water partition coefficient (Wildman–Crippen LogP) is 0.862. The fourth-order valence-corrected chi connectivity index (χ4v) is 4.23. The Morgan fingerprint density at radius 1 is 1.35 bits per heavy atom. The lowest BCUT2D eigenvalue weighted by Gasteiger charge is -2.30. The first-order valence-corrected chi connectivity index (χ1v) is 8.70. The van der Waals surface area contributed by atoms with Crippen LogP contribution in [0, 0.1) is 0 Å². The van der Waals surface area contributed by atoms with Crippen molar-refractivity contribution in [1.82, 2.24) is 15.6 Å². The van der Waals surface area contributed by atoms with Crippen molar-refractivity contribution in [3.63, 3.8) is 0 Å². The lowest BCUT2D eigenvalue weighted by molar-refractivity contribution is -0.929. The van der Waals surface area contributed by atoms with Crippen LogP contribution in [0.25, 0.3) is 10.2 Å². The Morgan fingerprint density at radius 2 is 2.17 bits per heavy atom. The molecule has 3 N–H and O–H groups in total. The van der Waals surface area contributed by atoms with Gasteiger partial charge in [-0.15, -0.1) is 11.3 Å². The molecule has 2 atom stereocenters. The third-order valence-corrected chi connectivity index (χ3v) is 5.36. The molecule has 1 fully saturated rings. The summed E-state index contributed by atoms with van der Waals surface area (Å²) in [7, 11) is 1.50. The number of nitrogens with one attached hydrogen (secondary N) is 3. The maximum Gasteiger partial charge on any atom is 0.321 e. The number of quaternary nitrogens is 1. The number of piperidine rings is 1. The zero-order valence-corrected chi connectivity index (χ0v) is 13.9. The van der Waals surface area contributed by atoms with E-state index in [1.54, 1.807) is 11.3 Å². The van der Waals surface area contributed by atoms with Crippen molar-refractivity contribution >= 4 is 33.5 Å². The van der Waals surface area contributed by atoms with Gasteiger partial charge in [0.15, 0.2) is 11.6 Å². The number of hydrogen-bond donors (Lipinski definition) is 3. The zero-order valence-electron chi connectivity index (χ0n) is 13.1. The number of aromatic nitrogens is 1. The van der Waals surface area contributed by atoms with Crippen LogP contribution in [-0.2, 0) is 4.79 Å². The highest BCUT2D eigenvalue weighted by atomic mass is 32.1. The van der Waals surface area contributed by atoms with Gasteiger partial charge in [0, 0.05) is 13.5 Å². The average Bonchev–Trinajstić information content (AvgIpc) is 2.99. The number of fused-ring (bicyclic) bond motifs is 1. The highest BCUT2D eigenvalue weighted by Crippen LogP contribution is 2.28. The summed E-state index contributed by atoms with van der Waals surface area (Å²) < 4.78 is 1.18. The van der Waals surface area contributed by atoms with Gasteiger partial charge in [0.25, 0.3) is 5.91 Å². The van der Waals surface area contributed by atoms with Crippen molar-refractivity contribution in [3.8, 4) is 0 Å². The van der Waals surface area contributed by atoms with Crippen LogP contribution >= 0.6 is 11.3 Å². The van der Waals surface area contributed by atoms with Crippen LogP contribution in [0.2, 0.25) is 0 Å². The molecule has 1 unspecified atom stereocenters. The molecule has 0 bridgehead atoms. The van der Waals surface area contributed by atoms with Crippen LogP contribution in [0.1, 0.15) is 30.3 Å². The summed E-state index contributed by atoms with van der Waals surface area (Å²) in [4.78, 5) is 29.2. The minimum atomic E-state index is -0.456. The van der Waals surface area contributed by atoms with Gasteiger partial charge in [-0.2, -0.15) is 0 Å². The van der Waals surface area contributed by atoms with Crippen LogP contribution in [0.5, 0.6) is 0 Å². The highest BCUT2D eigenvalue weighted by Gasteiger charge is 2.32. The van der Waals surface area contributed by atoms with E-state index in [1.165, 1.54) is 16.6 Å². The Hall–Kier alpha value is -1.99. The van der Waals surface area contributed by atoms with E-state index >= 15 is 0 Å². The monoisotopic (exact) mass is 333 g/mol. The summed E-state index contributed by atoms with van der Waals surface area (Å²) in [5.41, 5.74) is 1.02. The Morgan fingerprint density at radius 3 is 2.96 bits per heavy atom. The van der Waals surface area contributed by atoms with E-state index in [1.807, 2.05) is 18.2 Å². The number of rotatable bonds is 3. The molecule has 0 saturated carbocycles. The molecule has 1 aliphatic rings. The second-order valence-electron chi connectivity index (χ2n) is 5.78. The molecule has 2 heterocycles. The van der Waals surface area contributed by atoms with Gasteiger partial charge in [0.1, 0.15) is 6.04 Å². The first-order valence-electron chi connectivity index (χ1n) is 7.89. The van der Waals surface area contributed by atoms with Crippen LogP contribution < -0.4 is 15.5 Å². The number of imide groups is 1. The standard InChI is InChI=1S/C16H20N4O2S/c1-17-16(22)19-14(21)10-20-9-5-4-7-12(20)15-18-11-6-2-3-8-13(11)23-15/h2-3,6,8,12H,4-5,7,9-10H2,1H3,(H2,17,19,21,22)/p+1/t12-/m1/s1. The molecule has 1 aromatic heterocycles. The molecular formula is C16H21N4O2S+. The normalized spacial score (nSPS) is 21.1. The van der Waals surface area contributed by atoms with Gasteiger partial charge in [0.2, 0.25) is 0 Å². The lowest BCUT2D eigenvalue weighted by atomic mass is 10.0. The first kappa shape index (κ1) is 15.9. The first-order chi connectivity index (χ1) is 11.2. The maximum absolute atomic E-state index is 12.0. The summed E-state index contributed by atoms with van der Waals surface area (Å²) in [6, 6.07) is 7.90. The van der Waals surface area contributed by atoms with Gasteiger partial charge in [-0.1, -0.05) is 12.1 Å². The zero-order chi connectivity index (χ0) is 16.2. The Kier molecular flexibility index (Phi) is 4.88. The van der Waals surface area contributed by atoms with E-state index in [4.69, 9.17) is 4.98 Å². The van der Waals surface area contributed by atoms with Gasteiger partial charge >= 0.3 is 6.03 Å². The van der Waals surface area contributed by atoms with Crippen molar-refractivity contribution in [3.05, 3.63) is 29.3 Å². The van der Waals surface area contributed by atoms with Gasteiger partial charge in [-0.3, -0.25) is 10.1 Å². The molecule has 23 heavy (non-hydrogen) atoms. The smallest absolute Gasteiger partial charge is 0.321 e. The number of thiazole rings is 1. The average molecular weight is 333 g/mol. The van der Waals surface area contributed by atoms with Gasteiger partial charge in [-0.05, 0) is 25.0 Å². The fraction of sp³-hybridized carbons (Fsp3) is 0.438. The summed E-state index contributed by atoms with van der Waals surface area (Å²) >= 11 is 1.71. The molecule has 1 aromatic carbocycles. The Labute approximate surface area is 138 Å². The van der Waals surface area contributed by atoms with Crippen molar-refractivity contribution in [2.75, 3.05) is 20.1 Å². The molecule has 122 valence electrons. The predicted molar refractivity (Wildman–Crippen MR) is 89.5 cm³/mol. The van der Waals surface area contributed by atoms with E-state index < -0.39 is 6.03 Å². The molecule has 0 radical (unpaired) electrons. The van der Waals surface area contributed by atoms with E-state index in [9.17, 15) is 9.59 Å². The number of nitrogens with zero attached hydrogens (tertiary/aromatic N) is 1. The van der Waals surface area contributed by atoms with Gasteiger partial charge in [0.05, 0.1) is 16.8 Å². The molecule has 6 nitrogen and oxygen atoms in total. The van der Waals surface area contributed by atoms with Crippen LogP contribution in [-0.4, -0.2) is 37.1 Å². The topological polar surface area (TPSA) is 75.5 Å². The minimum Gasteiger partial charge on any atom is -0.341 e. The number of carbonyl (C=O) groups is 2. The third kappa shape index (κ3) is 3.68. The number of carbonyl (C=O) groups excluding carboxylic acids is 2. The second-order valence-corrected chi connectivity index (χ2v) is 6.84. The minimum absolute atomic E-state index is 0.233. The molecule has 0 aliphatic carbocycles. The summed E-state index contributed by atoms with van der Waals surface area (Å²) in [5, 5.41) is 5.84. The van der Waals surface area contributed by atoms with E-state index in [0.717, 1.165) is 36.3 Å². The molecule has 2 aromatic rings. The van der Waals surface area contributed by atoms with E-state index in [-0.39, 0.29) is 11.9 Å². The van der Waals surface area contributed by atoms with E-state index in [2.05, 4.69) is 16.7 Å². The van der Waals surface area contributed by atoms with Crippen LogP contribution in [0.4, 0.5) is 4.79 Å². The summed E-state index contributed by atoms with van der Waals surface area (Å²) in [6.07, 6.45) is 3.29. The van der Waals surface area contributed by atoms with Crippen molar-refractivity contribution in [1.29, 1.82) is 0 Å². The summed E-state index contributed by atoms with van der Waals surface area (Å²) in [6.45, 7) is 1.23. The largest absolute Gasteiger partial charge is 0.341 e. The van der Waals surface area contributed by atoms with Gasteiger partial charge in [-0.25, -0.2) is 9.78 Å². The molecule has 3 rings (SSSR count). The van der Waals surface area contributed by atoms with Crippen molar-refractivity contribution in [2.45, 2.75) is 25.3 Å². The molecule has 3 amide bonds. The Balaban J connectivity index is 1.75. The molecule has 1 saturated heterocycles. The fourth-order valence-electron chi connectivity index (χ4n) is 3.07. The van der Waals surface area contributed by atoms with Crippen molar-refractivity contribution in [2.24, 2.45) is 0 Å². The highest BCUT2D eigenvalue weighted by molar-refractivity contribution is 7.18. The summed E-state index contributed by atoms with van der Waals surface area (Å²) in [5.74, 6) is -0.243. The molecule has 1 aliphatic heterocycles. The number of benzene rings is 1. The van der Waals surface area contributed by atoms with E-state index in [0.29, 0.717) is 6.54 Å². The molecule has 7 heteroatoms. The third-order valence-electron chi connectivity index (χ3n) is 4.21. The van der Waals surface area contributed by atoms with Crippen LogP contribution in [0.15, 0.2) is 24.3 Å². The Bertz CT molecular complexity index is 682. The molecule has 0 spiro atoms. The number of amides is 3. The number of likely N-dealkylation sites (tertiary alicyclic amines) is 1. The SMILES string of the molecule is CNC(=O)NC(=O)C[NH+]1CCCC[C@@H]1c1nc2ccccc2s1. The number of urea groups is 1. The van der Waals surface area contributed by atoms with Gasteiger partial charge < -0.3 is 10.2 Å².